The Kier molecular flexibility index (Phi) is 4.68. The van der Waals surface area contributed by atoms with Crippen molar-refractivity contribution in [2.75, 3.05) is 26.7 Å². The van der Waals surface area contributed by atoms with E-state index < -0.39 is 0 Å². The lowest BCUT2D eigenvalue weighted by molar-refractivity contribution is -0.132. The summed E-state index contributed by atoms with van der Waals surface area (Å²) in [6.45, 7) is 2.94. The molecule has 0 radical (unpaired) electrons. The second kappa shape index (κ2) is 6.26. The summed E-state index contributed by atoms with van der Waals surface area (Å²) in [4.78, 5) is 20.2. The smallest absolute Gasteiger partial charge is 0.236 e. The van der Waals surface area contributed by atoms with Crippen LogP contribution in [0.2, 0.25) is 0 Å². The summed E-state index contributed by atoms with van der Waals surface area (Å²) in [7, 11) is 1.83. The second-order valence-electron chi connectivity index (χ2n) is 4.84. The fourth-order valence-electron chi connectivity index (χ4n) is 2.07. The highest BCUT2D eigenvalue weighted by atomic mass is 32.1. The molecule has 1 saturated heterocycles. The minimum Gasteiger partial charge on any atom is -0.339 e. The van der Waals surface area contributed by atoms with Gasteiger partial charge in [-0.1, -0.05) is 0 Å². The lowest BCUT2D eigenvalue weighted by Crippen LogP contribution is -2.44. The molecule has 2 heterocycles. The summed E-state index contributed by atoms with van der Waals surface area (Å²) in [5.41, 5.74) is 8.60. The van der Waals surface area contributed by atoms with E-state index in [0.717, 1.165) is 31.6 Å². The minimum absolute atomic E-state index is 0.151. The van der Waals surface area contributed by atoms with E-state index in [0.29, 0.717) is 19.1 Å². The van der Waals surface area contributed by atoms with Crippen LogP contribution in [-0.2, 0) is 11.3 Å². The van der Waals surface area contributed by atoms with E-state index in [2.05, 4.69) is 9.88 Å². The van der Waals surface area contributed by atoms with Gasteiger partial charge in [0, 0.05) is 31.6 Å². The maximum Gasteiger partial charge on any atom is 0.236 e. The second-order valence-corrected chi connectivity index (χ2v) is 5.56. The number of carbonyl (C=O) groups excluding carboxylic acids is 1. The predicted molar refractivity (Wildman–Crippen MR) is 72.2 cm³/mol. The topological polar surface area (TPSA) is 62.5 Å². The molecule has 0 atom stereocenters. The Labute approximate surface area is 112 Å². The number of hydrogen-bond acceptors (Lipinski definition) is 5. The zero-order valence-corrected chi connectivity index (χ0v) is 11.5. The van der Waals surface area contributed by atoms with Crippen LogP contribution in [-0.4, -0.2) is 53.4 Å². The summed E-state index contributed by atoms with van der Waals surface area (Å²) >= 11 is 1.56. The van der Waals surface area contributed by atoms with Gasteiger partial charge in [0.1, 0.15) is 0 Å². The third-order valence-electron chi connectivity index (χ3n) is 3.30. The van der Waals surface area contributed by atoms with Gasteiger partial charge in [0.25, 0.3) is 0 Å². The molecule has 1 aromatic rings. The van der Waals surface area contributed by atoms with Crippen LogP contribution in [0.3, 0.4) is 0 Å². The van der Waals surface area contributed by atoms with Gasteiger partial charge in [-0.25, -0.2) is 4.98 Å². The standard InChI is InChI=1S/C12H20N4OS/c1-15(6-11-8-18-9-14-11)12(17)7-16-4-2-10(13)3-5-16/h8-10H,2-7,13H2,1H3. The Bertz CT molecular complexity index is 373. The van der Waals surface area contributed by atoms with E-state index in [9.17, 15) is 4.79 Å². The summed E-state index contributed by atoms with van der Waals surface area (Å²) in [5.74, 6) is 0.151. The Morgan fingerprint density at radius 1 is 1.61 bits per heavy atom. The lowest BCUT2D eigenvalue weighted by atomic mass is 10.1. The normalized spacial score (nSPS) is 17.9. The van der Waals surface area contributed by atoms with Crippen molar-refractivity contribution >= 4 is 17.2 Å². The summed E-state index contributed by atoms with van der Waals surface area (Å²) < 4.78 is 0. The highest BCUT2D eigenvalue weighted by molar-refractivity contribution is 7.07. The summed E-state index contributed by atoms with van der Waals surface area (Å²) in [5, 5.41) is 1.98. The van der Waals surface area contributed by atoms with Crippen molar-refractivity contribution in [1.82, 2.24) is 14.8 Å². The Balaban J connectivity index is 1.77. The van der Waals surface area contributed by atoms with Crippen molar-refractivity contribution < 1.29 is 4.79 Å². The number of rotatable bonds is 4. The third kappa shape index (κ3) is 3.76. The molecule has 0 saturated carbocycles. The van der Waals surface area contributed by atoms with Crippen LogP contribution in [0.15, 0.2) is 10.9 Å². The fraction of sp³-hybridized carbons (Fsp3) is 0.667. The number of aromatic nitrogens is 1. The first-order valence-electron chi connectivity index (χ1n) is 6.24. The van der Waals surface area contributed by atoms with Crippen LogP contribution in [0.1, 0.15) is 18.5 Å². The van der Waals surface area contributed by atoms with Gasteiger partial charge in [-0.2, -0.15) is 0 Å². The van der Waals surface area contributed by atoms with E-state index >= 15 is 0 Å². The minimum atomic E-state index is 0.151. The van der Waals surface area contributed by atoms with E-state index in [1.807, 2.05) is 12.4 Å². The average Bonchev–Trinajstić information content (AvgIpc) is 2.85. The monoisotopic (exact) mass is 268 g/mol. The van der Waals surface area contributed by atoms with E-state index in [1.165, 1.54) is 0 Å². The molecule has 1 aromatic heterocycles. The van der Waals surface area contributed by atoms with Gasteiger partial charge in [0.05, 0.1) is 24.3 Å². The summed E-state index contributed by atoms with van der Waals surface area (Å²) in [6.07, 6.45) is 1.98. The van der Waals surface area contributed by atoms with Crippen LogP contribution >= 0.6 is 11.3 Å². The molecule has 0 spiro atoms. The molecule has 0 unspecified atom stereocenters. The van der Waals surface area contributed by atoms with E-state index in [4.69, 9.17) is 5.73 Å². The molecular weight excluding hydrogens is 248 g/mol. The number of amides is 1. The molecule has 1 fully saturated rings. The first-order valence-corrected chi connectivity index (χ1v) is 7.18. The zero-order valence-electron chi connectivity index (χ0n) is 10.7. The number of likely N-dealkylation sites (N-methyl/N-ethyl adjacent to an activating group) is 1. The number of hydrogen-bond donors (Lipinski definition) is 1. The molecule has 5 nitrogen and oxygen atoms in total. The van der Waals surface area contributed by atoms with Gasteiger partial charge in [-0.15, -0.1) is 11.3 Å². The lowest BCUT2D eigenvalue weighted by Gasteiger charge is -2.30. The largest absolute Gasteiger partial charge is 0.339 e. The van der Waals surface area contributed by atoms with Crippen molar-refractivity contribution in [3.63, 3.8) is 0 Å². The number of likely N-dealkylation sites (tertiary alicyclic amines) is 1. The van der Waals surface area contributed by atoms with Crippen LogP contribution in [0.4, 0.5) is 0 Å². The van der Waals surface area contributed by atoms with Crippen molar-refractivity contribution in [2.24, 2.45) is 5.73 Å². The number of carbonyl (C=O) groups is 1. The van der Waals surface area contributed by atoms with Gasteiger partial charge in [0.15, 0.2) is 0 Å². The first kappa shape index (κ1) is 13.5. The molecule has 2 N–H and O–H groups in total. The Morgan fingerprint density at radius 3 is 2.94 bits per heavy atom. The summed E-state index contributed by atoms with van der Waals surface area (Å²) in [6, 6.07) is 0.309. The van der Waals surface area contributed by atoms with E-state index in [1.54, 1.807) is 21.7 Å². The molecule has 100 valence electrons. The molecule has 18 heavy (non-hydrogen) atoms. The van der Waals surface area contributed by atoms with Crippen molar-refractivity contribution in [3.8, 4) is 0 Å². The van der Waals surface area contributed by atoms with Gasteiger partial charge in [-0.3, -0.25) is 9.69 Å². The van der Waals surface area contributed by atoms with Gasteiger partial charge < -0.3 is 10.6 Å². The molecule has 1 aliphatic rings. The Hall–Kier alpha value is -0.980. The highest BCUT2D eigenvalue weighted by Gasteiger charge is 2.20. The molecule has 0 bridgehead atoms. The fourth-order valence-corrected chi connectivity index (χ4v) is 2.62. The first-order chi connectivity index (χ1) is 8.65. The van der Waals surface area contributed by atoms with Gasteiger partial charge in [0.2, 0.25) is 5.91 Å². The maximum absolute atomic E-state index is 12.0. The predicted octanol–water partition coefficient (Wildman–Crippen LogP) is 0.525. The molecule has 0 aliphatic carbocycles. The highest BCUT2D eigenvalue weighted by Crippen LogP contribution is 2.09. The van der Waals surface area contributed by atoms with Gasteiger partial charge in [-0.05, 0) is 12.8 Å². The molecule has 2 rings (SSSR count). The number of nitrogens with zero attached hydrogens (tertiary/aromatic N) is 3. The van der Waals surface area contributed by atoms with Crippen LogP contribution < -0.4 is 5.73 Å². The molecule has 0 aromatic carbocycles. The van der Waals surface area contributed by atoms with Gasteiger partial charge >= 0.3 is 0 Å². The quantitative estimate of drug-likeness (QED) is 0.865. The molecule has 6 heteroatoms. The van der Waals surface area contributed by atoms with Crippen LogP contribution in [0.25, 0.3) is 0 Å². The Morgan fingerprint density at radius 2 is 2.33 bits per heavy atom. The van der Waals surface area contributed by atoms with E-state index in [-0.39, 0.29) is 5.91 Å². The SMILES string of the molecule is CN(Cc1cscn1)C(=O)CN1CCC(N)CC1. The molecule has 1 amide bonds. The number of piperidine rings is 1. The van der Waals surface area contributed by atoms with Crippen LogP contribution in [0, 0.1) is 0 Å². The van der Waals surface area contributed by atoms with Crippen molar-refractivity contribution in [1.29, 1.82) is 0 Å². The number of nitrogens with two attached hydrogens (primary N) is 1. The van der Waals surface area contributed by atoms with Crippen molar-refractivity contribution in [3.05, 3.63) is 16.6 Å². The van der Waals surface area contributed by atoms with Crippen molar-refractivity contribution in [2.45, 2.75) is 25.4 Å². The number of thiazole rings is 1. The third-order valence-corrected chi connectivity index (χ3v) is 3.93. The molecule has 1 aliphatic heterocycles. The maximum atomic E-state index is 12.0. The zero-order chi connectivity index (χ0) is 13.0. The van der Waals surface area contributed by atoms with Crippen LogP contribution in [0.5, 0.6) is 0 Å². The average molecular weight is 268 g/mol. The molecular formula is C12H20N4OS.